The van der Waals surface area contributed by atoms with Crippen LogP contribution in [0.3, 0.4) is 0 Å². The minimum absolute atomic E-state index is 0.125. The molecule has 0 spiro atoms. The van der Waals surface area contributed by atoms with Crippen molar-refractivity contribution in [1.82, 2.24) is 10.6 Å². The molecule has 2 aromatic carbocycles. The van der Waals surface area contributed by atoms with Crippen molar-refractivity contribution >= 4 is 6.03 Å². The van der Waals surface area contributed by atoms with Gasteiger partial charge in [0.1, 0.15) is 0 Å². The minimum Gasteiger partial charge on any atom is -0.387 e. The molecule has 2 aromatic rings. The Morgan fingerprint density at radius 2 is 1.56 bits per heavy atom. The second-order valence-corrected chi connectivity index (χ2v) is 6.21. The number of hydrogen-bond acceptors (Lipinski definition) is 3. The fourth-order valence-electron chi connectivity index (χ4n) is 2.89. The summed E-state index contributed by atoms with van der Waals surface area (Å²) in [5.74, 6) is -0.255. The average Bonchev–Trinajstić information content (AvgIpc) is 2.62. The van der Waals surface area contributed by atoms with Crippen molar-refractivity contribution in [3.63, 3.8) is 0 Å². The Bertz CT molecular complexity index is 605. The SMILES string of the molecule is COCCNC(=O)NC[C@](C)(O)C(c1ccccc1)c1ccccc1. The van der Waals surface area contributed by atoms with E-state index in [1.165, 1.54) is 0 Å². The van der Waals surface area contributed by atoms with E-state index in [9.17, 15) is 9.90 Å². The molecule has 2 rings (SSSR count). The van der Waals surface area contributed by atoms with Crippen molar-refractivity contribution < 1.29 is 14.6 Å². The van der Waals surface area contributed by atoms with Gasteiger partial charge in [0.25, 0.3) is 0 Å². The zero-order valence-corrected chi connectivity index (χ0v) is 14.7. The Hall–Kier alpha value is -2.37. The Labute approximate surface area is 149 Å². The van der Waals surface area contributed by atoms with Crippen LogP contribution in [-0.4, -0.2) is 43.5 Å². The van der Waals surface area contributed by atoms with Crippen LogP contribution in [0.15, 0.2) is 60.7 Å². The largest absolute Gasteiger partial charge is 0.387 e. The molecule has 0 radical (unpaired) electrons. The molecule has 3 N–H and O–H groups in total. The van der Waals surface area contributed by atoms with Crippen molar-refractivity contribution in [3.05, 3.63) is 71.8 Å². The lowest BCUT2D eigenvalue weighted by atomic mass is 9.78. The lowest BCUT2D eigenvalue weighted by Crippen LogP contribution is -2.48. The smallest absolute Gasteiger partial charge is 0.314 e. The number of benzene rings is 2. The number of aliphatic hydroxyl groups is 1. The highest BCUT2D eigenvalue weighted by Gasteiger charge is 2.34. The molecule has 0 saturated carbocycles. The van der Waals surface area contributed by atoms with Crippen LogP contribution in [0.5, 0.6) is 0 Å². The fraction of sp³-hybridized carbons (Fsp3) is 0.350. The zero-order valence-electron chi connectivity index (χ0n) is 14.7. The van der Waals surface area contributed by atoms with E-state index in [2.05, 4.69) is 10.6 Å². The van der Waals surface area contributed by atoms with Crippen molar-refractivity contribution in [2.75, 3.05) is 26.8 Å². The number of nitrogens with one attached hydrogen (secondary N) is 2. The van der Waals surface area contributed by atoms with Crippen LogP contribution in [-0.2, 0) is 4.74 Å². The molecule has 2 amide bonds. The molecule has 0 aliphatic heterocycles. The van der Waals surface area contributed by atoms with Crippen molar-refractivity contribution in [3.8, 4) is 0 Å². The number of amides is 2. The van der Waals surface area contributed by atoms with Crippen LogP contribution in [0.4, 0.5) is 4.79 Å². The summed E-state index contributed by atoms with van der Waals surface area (Å²) < 4.78 is 4.90. The van der Waals surface area contributed by atoms with Crippen molar-refractivity contribution in [2.45, 2.75) is 18.4 Å². The van der Waals surface area contributed by atoms with E-state index in [0.717, 1.165) is 11.1 Å². The van der Waals surface area contributed by atoms with Gasteiger partial charge in [-0.1, -0.05) is 60.7 Å². The van der Waals surface area contributed by atoms with Crippen LogP contribution >= 0.6 is 0 Å². The maximum Gasteiger partial charge on any atom is 0.314 e. The Balaban J connectivity index is 2.14. The molecule has 1 atom stereocenters. The summed E-state index contributed by atoms with van der Waals surface area (Å²) >= 11 is 0. The minimum atomic E-state index is -1.15. The maximum atomic E-state index is 11.9. The number of rotatable bonds is 8. The normalized spacial score (nSPS) is 13.3. The van der Waals surface area contributed by atoms with E-state index in [-0.39, 0.29) is 18.5 Å². The molecule has 0 heterocycles. The summed E-state index contributed by atoms with van der Waals surface area (Å²) in [5.41, 5.74) is 0.849. The van der Waals surface area contributed by atoms with Crippen molar-refractivity contribution in [2.24, 2.45) is 0 Å². The topological polar surface area (TPSA) is 70.6 Å². The number of ether oxygens (including phenoxy) is 1. The molecule has 5 heteroatoms. The van der Waals surface area contributed by atoms with Crippen LogP contribution in [0.2, 0.25) is 0 Å². The van der Waals surface area contributed by atoms with Gasteiger partial charge in [-0.25, -0.2) is 4.79 Å². The van der Waals surface area contributed by atoms with Crippen LogP contribution < -0.4 is 10.6 Å². The van der Waals surface area contributed by atoms with Gasteiger partial charge in [-0.3, -0.25) is 0 Å². The van der Waals surface area contributed by atoms with Gasteiger partial charge in [0.15, 0.2) is 0 Å². The first kappa shape index (κ1) is 19.0. The van der Waals surface area contributed by atoms with E-state index in [1.54, 1.807) is 14.0 Å². The van der Waals surface area contributed by atoms with Crippen molar-refractivity contribution in [1.29, 1.82) is 0 Å². The Morgan fingerprint density at radius 3 is 2.04 bits per heavy atom. The van der Waals surface area contributed by atoms with E-state index in [1.807, 2.05) is 60.7 Å². The van der Waals surface area contributed by atoms with Crippen LogP contribution in [0, 0.1) is 0 Å². The standard InChI is InChI=1S/C20H26N2O3/c1-20(24,15-22-19(23)21-13-14-25-2)18(16-9-5-3-6-10-16)17-11-7-4-8-12-17/h3-12,18,24H,13-15H2,1-2H3,(H2,21,22,23)/t20-/m0/s1. The first-order valence-corrected chi connectivity index (χ1v) is 8.37. The Kier molecular flexibility index (Phi) is 6.98. The van der Waals surface area contributed by atoms with Gasteiger partial charge >= 0.3 is 6.03 Å². The monoisotopic (exact) mass is 342 g/mol. The van der Waals surface area contributed by atoms with E-state index in [0.29, 0.717) is 13.2 Å². The summed E-state index contributed by atoms with van der Waals surface area (Å²) in [4.78, 5) is 11.9. The average molecular weight is 342 g/mol. The molecule has 0 aromatic heterocycles. The number of urea groups is 1. The lowest BCUT2D eigenvalue weighted by molar-refractivity contribution is 0.0451. The highest BCUT2D eigenvalue weighted by molar-refractivity contribution is 5.73. The van der Waals surface area contributed by atoms with Gasteiger partial charge in [0.2, 0.25) is 0 Å². The van der Waals surface area contributed by atoms with Crippen LogP contribution in [0.1, 0.15) is 24.0 Å². The quantitative estimate of drug-likeness (QED) is 0.646. The van der Waals surface area contributed by atoms with E-state index >= 15 is 0 Å². The summed E-state index contributed by atoms with van der Waals surface area (Å²) in [6.07, 6.45) is 0. The number of methoxy groups -OCH3 is 1. The summed E-state index contributed by atoms with van der Waals surface area (Å²) in [5, 5.41) is 16.6. The second kappa shape index (κ2) is 9.20. The van der Waals surface area contributed by atoms with Gasteiger partial charge < -0.3 is 20.5 Å². The molecule has 5 nitrogen and oxygen atoms in total. The molecule has 0 fully saturated rings. The van der Waals surface area contributed by atoms with E-state index in [4.69, 9.17) is 4.74 Å². The Morgan fingerprint density at radius 1 is 1.04 bits per heavy atom. The van der Waals surface area contributed by atoms with Gasteiger partial charge in [0.05, 0.1) is 12.2 Å². The second-order valence-electron chi connectivity index (χ2n) is 6.21. The number of carbonyl (C=O) groups is 1. The fourth-order valence-corrected chi connectivity index (χ4v) is 2.89. The molecule has 25 heavy (non-hydrogen) atoms. The summed E-state index contributed by atoms with van der Waals surface area (Å²) in [6.45, 7) is 2.74. The molecule has 0 bridgehead atoms. The first-order chi connectivity index (χ1) is 12.0. The summed E-state index contributed by atoms with van der Waals surface area (Å²) in [6, 6.07) is 19.3. The zero-order chi connectivity index (χ0) is 18.1. The first-order valence-electron chi connectivity index (χ1n) is 8.37. The molecule has 134 valence electrons. The molecule has 0 unspecified atom stereocenters. The molecule has 0 saturated heterocycles. The maximum absolute atomic E-state index is 11.9. The van der Waals surface area contributed by atoms with Gasteiger partial charge in [-0.15, -0.1) is 0 Å². The third kappa shape index (κ3) is 5.59. The highest BCUT2D eigenvalue weighted by atomic mass is 16.5. The lowest BCUT2D eigenvalue weighted by Gasteiger charge is -2.34. The number of hydrogen-bond donors (Lipinski definition) is 3. The van der Waals surface area contributed by atoms with Gasteiger partial charge in [-0.2, -0.15) is 0 Å². The van der Waals surface area contributed by atoms with Gasteiger partial charge in [0, 0.05) is 26.1 Å². The molecular formula is C20H26N2O3. The highest BCUT2D eigenvalue weighted by Crippen LogP contribution is 2.34. The predicted octanol–water partition coefficient (Wildman–Crippen LogP) is 2.52. The number of carbonyl (C=O) groups excluding carboxylic acids is 1. The van der Waals surface area contributed by atoms with Gasteiger partial charge in [-0.05, 0) is 18.1 Å². The molecular weight excluding hydrogens is 316 g/mol. The summed E-state index contributed by atoms with van der Waals surface area (Å²) in [7, 11) is 1.58. The molecule has 0 aliphatic rings. The third-order valence-corrected chi connectivity index (χ3v) is 4.09. The molecule has 0 aliphatic carbocycles. The van der Waals surface area contributed by atoms with E-state index < -0.39 is 5.60 Å². The predicted molar refractivity (Wildman–Crippen MR) is 98.6 cm³/mol. The van der Waals surface area contributed by atoms with Crippen LogP contribution in [0.25, 0.3) is 0 Å². The third-order valence-electron chi connectivity index (χ3n) is 4.09.